The van der Waals surface area contributed by atoms with E-state index in [2.05, 4.69) is 10.3 Å². The monoisotopic (exact) mass is 283 g/mol. The number of pyridine rings is 1. The summed E-state index contributed by atoms with van der Waals surface area (Å²) in [5, 5.41) is 11.4. The van der Waals surface area contributed by atoms with Gasteiger partial charge in [0.15, 0.2) is 0 Å². The van der Waals surface area contributed by atoms with Gasteiger partial charge in [0.1, 0.15) is 5.82 Å². The van der Waals surface area contributed by atoms with Crippen molar-refractivity contribution in [3.05, 3.63) is 23.9 Å². The Morgan fingerprint density at radius 1 is 1.58 bits per heavy atom. The minimum Gasteiger partial charge on any atom is -0.396 e. The number of hydrogen-bond donors (Lipinski definition) is 3. The van der Waals surface area contributed by atoms with Gasteiger partial charge in [0.25, 0.3) is 0 Å². The molecule has 1 amide bonds. The van der Waals surface area contributed by atoms with Crippen molar-refractivity contribution >= 4 is 23.5 Å². The number of anilines is 1. The first-order valence-corrected chi connectivity index (χ1v) is 7.40. The summed E-state index contributed by atoms with van der Waals surface area (Å²) < 4.78 is 0. The zero-order chi connectivity index (χ0) is 14.3. The maximum absolute atomic E-state index is 11.8. The number of amides is 1. The van der Waals surface area contributed by atoms with E-state index in [0.29, 0.717) is 11.6 Å². The van der Waals surface area contributed by atoms with Crippen LogP contribution in [0.5, 0.6) is 0 Å². The summed E-state index contributed by atoms with van der Waals surface area (Å²) in [6, 6.07) is 3.19. The first kappa shape index (κ1) is 15.9. The molecule has 0 radical (unpaired) electrons. The number of nitrogens with one attached hydrogen (secondary N) is 1. The standard InChI is InChI=1S/C13H21N3O2S/c1-9(2)12(14)13(18)16-11-7-10(3-4-15-11)8-19-6-5-17/h3-4,7,9,12,17H,5-6,8,14H2,1-2H3,(H,15,16,18)/t12-/m0/s1. The van der Waals surface area contributed by atoms with Gasteiger partial charge in [-0.2, -0.15) is 11.8 Å². The smallest absolute Gasteiger partial charge is 0.242 e. The molecular formula is C13H21N3O2S. The third kappa shape index (κ3) is 5.59. The minimum absolute atomic E-state index is 0.0864. The fraction of sp³-hybridized carbons (Fsp3) is 0.538. The Kier molecular flexibility index (Phi) is 6.83. The van der Waals surface area contributed by atoms with Gasteiger partial charge in [-0.1, -0.05) is 13.8 Å². The van der Waals surface area contributed by atoms with E-state index in [-0.39, 0.29) is 18.4 Å². The quantitative estimate of drug-likeness (QED) is 0.655. The van der Waals surface area contributed by atoms with Crippen molar-refractivity contribution in [3.8, 4) is 0 Å². The van der Waals surface area contributed by atoms with Gasteiger partial charge in [0.2, 0.25) is 5.91 Å². The SMILES string of the molecule is CC(C)[C@H](N)C(=O)Nc1cc(CSCCO)ccn1. The van der Waals surface area contributed by atoms with Gasteiger partial charge in [-0.25, -0.2) is 4.98 Å². The summed E-state index contributed by atoms with van der Waals surface area (Å²) in [5.74, 6) is 1.86. The summed E-state index contributed by atoms with van der Waals surface area (Å²) in [5.41, 5.74) is 6.83. The topological polar surface area (TPSA) is 88.2 Å². The third-order valence-corrected chi connectivity index (χ3v) is 3.61. The van der Waals surface area contributed by atoms with E-state index in [0.717, 1.165) is 11.3 Å². The lowest BCUT2D eigenvalue weighted by Crippen LogP contribution is -2.39. The van der Waals surface area contributed by atoms with E-state index in [4.69, 9.17) is 10.8 Å². The molecule has 0 aromatic carbocycles. The summed E-state index contributed by atoms with van der Waals surface area (Å²) in [6.07, 6.45) is 1.66. The molecule has 0 fully saturated rings. The molecule has 0 saturated carbocycles. The van der Waals surface area contributed by atoms with Gasteiger partial charge >= 0.3 is 0 Å². The van der Waals surface area contributed by atoms with Crippen molar-refractivity contribution in [3.63, 3.8) is 0 Å². The normalized spacial score (nSPS) is 12.5. The minimum atomic E-state index is -0.533. The van der Waals surface area contributed by atoms with Crippen LogP contribution in [-0.2, 0) is 10.5 Å². The predicted molar refractivity (Wildman–Crippen MR) is 78.9 cm³/mol. The van der Waals surface area contributed by atoms with Crippen molar-refractivity contribution in [1.29, 1.82) is 0 Å². The molecule has 1 atom stereocenters. The molecule has 0 unspecified atom stereocenters. The van der Waals surface area contributed by atoms with Gasteiger partial charge in [-0.3, -0.25) is 4.79 Å². The average Bonchev–Trinajstić information content (AvgIpc) is 2.38. The summed E-state index contributed by atoms with van der Waals surface area (Å²) in [7, 11) is 0. The predicted octanol–water partition coefficient (Wildman–Crippen LogP) is 1.23. The number of rotatable bonds is 7. The number of nitrogens with two attached hydrogens (primary N) is 1. The molecule has 0 spiro atoms. The molecule has 0 aliphatic carbocycles. The van der Waals surface area contributed by atoms with Gasteiger partial charge < -0.3 is 16.2 Å². The second-order valence-corrected chi connectivity index (χ2v) is 5.69. The van der Waals surface area contributed by atoms with Gasteiger partial charge in [0.05, 0.1) is 12.6 Å². The van der Waals surface area contributed by atoms with Gasteiger partial charge in [0, 0.05) is 17.7 Å². The molecule has 0 aliphatic rings. The van der Waals surface area contributed by atoms with Crippen molar-refractivity contribution in [1.82, 2.24) is 4.98 Å². The van der Waals surface area contributed by atoms with Crippen LogP contribution in [-0.4, -0.2) is 34.4 Å². The van der Waals surface area contributed by atoms with Crippen LogP contribution >= 0.6 is 11.8 Å². The second kappa shape index (κ2) is 8.14. The molecule has 106 valence electrons. The van der Waals surface area contributed by atoms with E-state index in [1.54, 1.807) is 18.0 Å². The first-order chi connectivity index (χ1) is 9.04. The number of aliphatic hydroxyl groups is 1. The third-order valence-electron chi connectivity index (χ3n) is 2.60. The Hall–Kier alpha value is -1.11. The van der Waals surface area contributed by atoms with Crippen LogP contribution < -0.4 is 11.1 Å². The van der Waals surface area contributed by atoms with Crippen LogP contribution in [0.15, 0.2) is 18.3 Å². The Bertz CT molecular complexity index is 413. The highest BCUT2D eigenvalue weighted by Gasteiger charge is 2.17. The molecule has 0 aliphatic heterocycles. The lowest BCUT2D eigenvalue weighted by atomic mass is 10.1. The molecule has 0 saturated heterocycles. The van der Waals surface area contributed by atoms with E-state index in [1.165, 1.54) is 0 Å². The van der Waals surface area contributed by atoms with Crippen LogP contribution in [0.2, 0.25) is 0 Å². The molecule has 6 heteroatoms. The molecule has 4 N–H and O–H groups in total. The van der Waals surface area contributed by atoms with E-state index in [9.17, 15) is 4.79 Å². The first-order valence-electron chi connectivity index (χ1n) is 6.24. The second-order valence-electron chi connectivity index (χ2n) is 4.58. The number of aliphatic hydroxyl groups excluding tert-OH is 1. The number of carbonyl (C=O) groups excluding carboxylic acids is 1. The van der Waals surface area contributed by atoms with Crippen LogP contribution in [0.3, 0.4) is 0 Å². The number of carbonyl (C=O) groups is 1. The highest BCUT2D eigenvalue weighted by molar-refractivity contribution is 7.98. The number of hydrogen-bond acceptors (Lipinski definition) is 5. The van der Waals surface area contributed by atoms with Crippen molar-refractivity contribution in [2.45, 2.75) is 25.6 Å². The Labute approximate surface area is 118 Å². The summed E-state index contributed by atoms with van der Waals surface area (Å²) in [4.78, 5) is 15.9. The van der Waals surface area contributed by atoms with Crippen molar-refractivity contribution < 1.29 is 9.90 Å². The zero-order valence-corrected chi connectivity index (χ0v) is 12.1. The molecule has 5 nitrogen and oxygen atoms in total. The summed E-state index contributed by atoms with van der Waals surface area (Å²) in [6.45, 7) is 3.97. The number of aromatic nitrogens is 1. The van der Waals surface area contributed by atoms with Crippen molar-refractivity contribution in [2.24, 2.45) is 11.7 Å². The highest BCUT2D eigenvalue weighted by Crippen LogP contribution is 2.14. The van der Waals surface area contributed by atoms with Gasteiger partial charge in [-0.05, 0) is 23.6 Å². The van der Waals surface area contributed by atoms with E-state index < -0.39 is 6.04 Å². The Balaban J connectivity index is 2.59. The largest absolute Gasteiger partial charge is 0.396 e. The molecule has 1 aromatic rings. The summed E-state index contributed by atoms with van der Waals surface area (Å²) >= 11 is 1.63. The van der Waals surface area contributed by atoms with Crippen molar-refractivity contribution in [2.75, 3.05) is 17.7 Å². The van der Waals surface area contributed by atoms with E-state index >= 15 is 0 Å². The van der Waals surface area contributed by atoms with Crippen LogP contribution in [0.1, 0.15) is 19.4 Å². The maximum Gasteiger partial charge on any atom is 0.242 e. The zero-order valence-electron chi connectivity index (χ0n) is 11.3. The van der Waals surface area contributed by atoms with Gasteiger partial charge in [-0.15, -0.1) is 0 Å². The van der Waals surface area contributed by atoms with E-state index in [1.807, 2.05) is 26.0 Å². The lowest BCUT2D eigenvalue weighted by Gasteiger charge is -2.15. The van der Waals surface area contributed by atoms with Crippen LogP contribution in [0.4, 0.5) is 5.82 Å². The molecule has 1 aromatic heterocycles. The van der Waals surface area contributed by atoms with Crippen LogP contribution in [0, 0.1) is 5.92 Å². The number of thioether (sulfide) groups is 1. The highest BCUT2D eigenvalue weighted by atomic mass is 32.2. The average molecular weight is 283 g/mol. The van der Waals surface area contributed by atoms with Crippen LogP contribution in [0.25, 0.3) is 0 Å². The molecule has 1 rings (SSSR count). The molecular weight excluding hydrogens is 262 g/mol. The number of nitrogens with zero attached hydrogens (tertiary/aromatic N) is 1. The Morgan fingerprint density at radius 3 is 2.95 bits per heavy atom. The molecule has 19 heavy (non-hydrogen) atoms. The fourth-order valence-corrected chi connectivity index (χ4v) is 2.09. The fourth-order valence-electron chi connectivity index (χ4n) is 1.40. The molecule has 1 heterocycles. The Morgan fingerprint density at radius 2 is 2.32 bits per heavy atom. The molecule has 0 bridgehead atoms. The maximum atomic E-state index is 11.8. The lowest BCUT2D eigenvalue weighted by molar-refractivity contribution is -0.118.